The molecule has 0 saturated heterocycles. The van der Waals surface area contributed by atoms with Crippen molar-refractivity contribution in [3.8, 4) is 33.4 Å². The van der Waals surface area contributed by atoms with Crippen LogP contribution in [0.25, 0.3) is 20.5 Å². The van der Waals surface area contributed by atoms with Crippen LogP contribution in [-0.2, 0) is 0 Å². The number of nitrogens with zero attached hydrogens (tertiary/aromatic N) is 1. The molecule has 0 spiro atoms. The lowest BCUT2D eigenvalue weighted by Crippen LogP contribution is -2.19. The van der Waals surface area contributed by atoms with Gasteiger partial charge >= 0.3 is 0 Å². The highest BCUT2D eigenvalue weighted by molar-refractivity contribution is 7.22. The van der Waals surface area contributed by atoms with Crippen LogP contribution in [-0.4, -0.2) is 42.4 Å². The average molecular weight is 434 g/mol. The number of likely N-dealkylation sites (N-methyl/N-ethyl adjacent to an activating group) is 1. The summed E-state index contributed by atoms with van der Waals surface area (Å²) in [4.78, 5) is 3.18. The standard InChI is InChI=1S/C25H23NO4S/c1-26(2)11-12-29-18-7-3-15(4-8-18)24-23-20-10-6-17(28)14-22(20)31-25(23)19-9-5-16(27)13-21(19)30-24/h3-10,13-14,24,27-28H,11-12H2,1-2H3/t24-/m1/s1. The number of hydrogen-bond donors (Lipinski definition) is 2. The van der Waals surface area contributed by atoms with Crippen molar-refractivity contribution in [3.63, 3.8) is 0 Å². The third-order valence-electron chi connectivity index (χ3n) is 5.42. The molecule has 1 aliphatic heterocycles. The van der Waals surface area contributed by atoms with Crippen LogP contribution in [0.2, 0.25) is 0 Å². The third kappa shape index (κ3) is 3.69. The number of phenols is 2. The Morgan fingerprint density at radius 3 is 2.48 bits per heavy atom. The number of thiophene rings is 1. The van der Waals surface area contributed by atoms with Gasteiger partial charge in [-0.25, -0.2) is 0 Å². The summed E-state index contributed by atoms with van der Waals surface area (Å²) in [6, 6.07) is 18.6. The van der Waals surface area contributed by atoms with Gasteiger partial charge in [0.15, 0.2) is 6.10 Å². The summed E-state index contributed by atoms with van der Waals surface area (Å²) < 4.78 is 13.2. The van der Waals surface area contributed by atoms with Crippen LogP contribution >= 0.6 is 11.3 Å². The van der Waals surface area contributed by atoms with Crippen molar-refractivity contribution in [1.29, 1.82) is 0 Å². The van der Waals surface area contributed by atoms with Crippen LogP contribution in [0.3, 0.4) is 0 Å². The minimum Gasteiger partial charge on any atom is -0.508 e. The van der Waals surface area contributed by atoms with Crippen LogP contribution in [0.4, 0.5) is 0 Å². The van der Waals surface area contributed by atoms with Gasteiger partial charge in [0.2, 0.25) is 0 Å². The molecule has 2 N–H and O–H groups in total. The van der Waals surface area contributed by atoms with E-state index in [2.05, 4.69) is 4.90 Å². The van der Waals surface area contributed by atoms with Crippen LogP contribution in [0, 0.1) is 0 Å². The van der Waals surface area contributed by atoms with Gasteiger partial charge in [-0.05, 0) is 62.1 Å². The monoisotopic (exact) mass is 433 g/mol. The summed E-state index contributed by atoms with van der Waals surface area (Å²) >= 11 is 1.63. The van der Waals surface area contributed by atoms with Crippen molar-refractivity contribution in [1.82, 2.24) is 4.90 Å². The van der Waals surface area contributed by atoms with Crippen molar-refractivity contribution < 1.29 is 19.7 Å². The smallest absolute Gasteiger partial charge is 0.151 e. The molecule has 3 aromatic carbocycles. The van der Waals surface area contributed by atoms with Crippen molar-refractivity contribution >= 4 is 21.4 Å². The molecular formula is C25H23NO4S. The lowest BCUT2D eigenvalue weighted by Gasteiger charge is -2.27. The maximum Gasteiger partial charge on any atom is 0.151 e. The summed E-state index contributed by atoms with van der Waals surface area (Å²) in [7, 11) is 4.04. The number of phenolic OH excluding ortho intramolecular Hbond substituents is 2. The molecule has 31 heavy (non-hydrogen) atoms. The second-order valence-electron chi connectivity index (χ2n) is 7.92. The van der Waals surface area contributed by atoms with Crippen molar-refractivity contribution in [2.24, 2.45) is 0 Å². The number of ether oxygens (including phenoxy) is 2. The predicted octanol–water partition coefficient (Wildman–Crippen LogP) is 5.40. The number of benzene rings is 3. The molecule has 0 amide bonds. The van der Waals surface area contributed by atoms with E-state index < -0.39 is 0 Å². The number of fused-ring (bicyclic) bond motifs is 5. The SMILES string of the molecule is CN(C)CCOc1ccc([C@H]2Oc3cc(O)ccc3-c3sc4cc(O)ccc4c32)cc1. The zero-order valence-corrected chi connectivity index (χ0v) is 18.1. The Morgan fingerprint density at radius 1 is 0.968 bits per heavy atom. The van der Waals surface area contributed by atoms with Crippen molar-refractivity contribution in [2.75, 3.05) is 27.2 Å². The molecule has 0 bridgehead atoms. The number of hydrogen-bond acceptors (Lipinski definition) is 6. The Labute approximate surface area is 184 Å². The molecule has 1 atom stereocenters. The van der Waals surface area contributed by atoms with Gasteiger partial charge in [0.1, 0.15) is 29.6 Å². The Bertz CT molecular complexity index is 1250. The topological polar surface area (TPSA) is 62.2 Å². The van der Waals surface area contributed by atoms with E-state index >= 15 is 0 Å². The zero-order chi connectivity index (χ0) is 21.5. The first-order valence-corrected chi connectivity index (χ1v) is 10.9. The lowest BCUT2D eigenvalue weighted by molar-refractivity contribution is 0.244. The molecule has 6 heteroatoms. The molecule has 0 saturated carbocycles. The summed E-state index contributed by atoms with van der Waals surface area (Å²) in [6.07, 6.45) is -0.321. The Balaban J connectivity index is 1.56. The Morgan fingerprint density at radius 2 is 1.71 bits per heavy atom. The highest BCUT2D eigenvalue weighted by Crippen LogP contribution is 2.52. The fourth-order valence-electron chi connectivity index (χ4n) is 3.87. The van der Waals surface area contributed by atoms with Gasteiger partial charge in [-0.15, -0.1) is 11.3 Å². The predicted molar refractivity (Wildman–Crippen MR) is 124 cm³/mol. The highest BCUT2D eigenvalue weighted by Gasteiger charge is 2.31. The second kappa shape index (κ2) is 7.80. The van der Waals surface area contributed by atoms with Crippen molar-refractivity contribution in [3.05, 3.63) is 71.8 Å². The molecular weight excluding hydrogens is 410 g/mol. The maximum atomic E-state index is 10.00. The maximum absolute atomic E-state index is 10.00. The van der Waals surface area contributed by atoms with Gasteiger partial charge in [0, 0.05) is 38.7 Å². The zero-order valence-electron chi connectivity index (χ0n) is 17.3. The van der Waals surface area contributed by atoms with E-state index in [-0.39, 0.29) is 17.6 Å². The fourth-order valence-corrected chi connectivity index (χ4v) is 5.16. The first-order chi connectivity index (χ1) is 15.0. The molecule has 0 fully saturated rings. The minimum absolute atomic E-state index is 0.171. The largest absolute Gasteiger partial charge is 0.508 e. The molecule has 0 unspecified atom stereocenters. The van der Waals surface area contributed by atoms with E-state index in [1.807, 2.05) is 50.5 Å². The van der Waals surface area contributed by atoms with E-state index in [0.29, 0.717) is 12.4 Å². The normalized spacial score (nSPS) is 14.9. The summed E-state index contributed by atoms with van der Waals surface area (Å²) in [5.74, 6) is 1.89. The number of aromatic hydroxyl groups is 2. The van der Waals surface area contributed by atoms with Gasteiger partial charge in [-0.2, -0.15) is 0 Å². The van der Waals surface area contributed by atoms with E-state index in [0.717, 1.165) is 43.9 Å². The number of rotatable bonds is 5. The molecule has 1 aliphatic rings. The van der Waals surface area contributed by atoms with Gasteiger partial charge in [0.05, 0.1) is 0 Å². The average Bonchev–Trinajstić information content (AvgIpc) is 3.11. The first kappa shape index (κ1) is 19.7. The van der Waals surface area contributed by atoms with Crippen molar-refractivity contribution in [2.45, 2.75) is 6.10 Å². The summed E-state index contributed by atoms with van der Waals surface area (Å²) in [5.41, 5.74) is 3.04. The van der Waals surface area contributed by atoms with Gasteiger partial charge in [-0.1, -0.05) is 12.1 Å². The Kier molecular flexibility index (Phi) is 4.96. The minimum atomic E-state index is -0.321. The highest BCUT2D eigenvalue weighted by atomic mass is 32.1. The van der Waals surface area contributed by atoms with Crippen LogP contribution < -0.4 is 9.47 Å². The Hall–Kier alpha value is -3.22. The molecule has 2 heterocycles. The fraction of sp³-hybridized carbons (Fsp3) is 0.200. The molecule has 4 aromatic rings. The van der Waals surface area contributed by atoms with Crippen LogP contribution in [0.5, 0.6) is 23.0 Å². The molecule has 1 aromatic heterocycles. The molecule has 0 aliphatic carbocycles. The van der Waals surface area contributed by atoms with Gasteiger partial charge < -0.3 is 24.6 Å². The van der Waals surface area contributed by atoms with E-state index in [1.165, 1.54) is 0 Å². The van der Waals surface area contributed by atoms with Crippen LogP contribution in [0.1, 0.15) is 17.2 Å². The molecule has 5 rings (SSSR count). The third-order valence-corrected chi connectivity index (χ3v) is 6.62. The van der Waals surface area contributed by atoms with E-state index in [9.17, 15) is 10.2 Å². The quantitative estimate of drug-likeness (QED) is 0.441. The van der Waals surface area contributed by atoms with Gasteiger partial charge in [-0.3, -0.25) is 0 Å². The first-order valence-electron chi connectivity index (χ1n) is 10.1. The molecule has 158 valence electrons. The van der Waals surface area contributed by atoms with E-state index in [4.69, 9.17) is 9.47 Å². The van der Waals surface area contributed by atoms with Crippen LogP contribution in [0.15, 0.2) is 60.7 Å². The summed E-state index contributed by atoms with van der Waals surface area (Å²) in [5, 5.41) is 21.0. The second-order valence-corrected chi connectivity index (χ2v) is 8.98. The molecule has 0 radical (unpaired) electrons. The molecule has 5 nitrogen and oxygen atoms in total. The van der Waals surface area contributed by atoms with Gasteiger partial charge in [0.25, 0.3) is 0 Å². The lowest BCUT2D eigenvalue weighted by atomic mass is 9.93. The summed E-state index contributed by atoms with van der Waals surface area (Å²) in [6.45, 7) is 1.48. The van der Waals surface area contributed by atoms with E-state index in [1.54, 1.807) is 35.6 Å².